The summed E-state index contributed by atoms with van der Waals surface area (Å²) in [6.45, 7) is 1.76. The van der Waals surface area contributed by atoms with Crippen molar-refractivity contribution >= 4 is 15.9 Å². The number of nitriles is 1. The molecule has 0 fully saturated rings. The maximum Gasteiger partial charge on any atom is 0.416 e. The largest absolute Gasteiger partial charge is 0.416 e. The van der Waals surface area contributed by atoms with Crippen LogP contribution >= 0.6 is 0 Å². The van der Waals surface area contributed by atoms with Crippen molar-refractivity contribution in [2.45, 2.75) is 18.0 Å². The molecular formula is C17H12F3NO2S. The predicted molar refractivity (Wildman–Crippen MR) is 83.4 cm³/mol. The molecule has 2 aromatic rings. The molecule has 124 valence electrons. The smallest absolute Gasteiger partial charge is 0.218 e. The van der Waals surface area contributed by atoms with Crippen molar-refractivity contribution in [3.05, 3.63) is 70.1 Å². The Bertz CT molecular complexity index is 922. The van der Waals surface area contributed by atoms with Crippen LogP contribution in [0.1, 0.15) is 16.7 Å². The first-order valence-electron chi connectivity index (χ1n) is 6.76. The minimum Gasteiger partial charge on any atom is -0.218 e. The molecule has 0 N–H and O–H groups in total. The Kier molecular flexibility index (Phi) is 4.81. The van der Waals surface area contributed by atoms with Gasteiger partial charge in [-0.25, -0.2) is 8.42 Å². The van der Waals surface area contributed by atoms with Gasteiger partial charge < -0.3 is 0 Å². The van der Waals surface area contributed by atoms with Gasteiger partial charge in [-0.3, -0.25) is 0 Å². The molecule has 0 aliphatic rings. The number of sulfone groups is 1. The highest BCUT2D eigenvalue weighted by molar-refractivity contribution is 7.95. The first-order valence-corrected chi connectivity index (χ1v) is 8.24. The van der Waals surface area contributed by atoms with E-state index in [2.05, 4.69) is 0 Å². The number of alkyl halides is 3. The molecule has 0 unspecified atom stereocenters. The van der Waals surface area contributed by atoms with Gasteiger partial charge in [-0.2, -0.15) is 18.4 Å². The third kappa shape index (κ3) is 3.66. The van der Waals surface area contributed by atoms with Crippen LogP contribution in [-0.4, -0.2) is 8.42 Å². The van der Waals surface area contributed by atoms with E-state index >= 15 is 0 Å². The van der Waals surface area contributed by atoms with E-state index in [1.54, 1.807) is 19.1 Å². The summed E-state index contributed by atoms with van der Waals surface area (Å²) < 4.78 is 64.0. The Morgan fingerprint density at radius 1 is 1.08 bits per heavy atom. The Labute approximate surface area is 137 Å². The van der Waals surface area contributed by atoms with Crippen molar-refractivity contribution in [2.75, 3.05) is 0 Å². The Morgan fingerprint density at radius 3 is 2.21 bits per heavy atom. The summed E-state index contributed by atoms with van der Waals surface area (Å²) in [6, 6.07) is 11.7. The van der Waals surface area contributed by atoms with E-state index in [1.165, 1.54) is 30.3 Å². The van der Waals surface area contributed by atoms with Crippen LogP contribution in [0.15, 0.2) is 58.3 Å². The molecule has 24 heavy (non-hydrogen) atoms. The molecule has 2 rings (SSSR count). The molecule has 0 aliphatic carbocycles. The van der Waals surface area contributed by atoms with Gasteiger partial charge in [0.05, 0.1) is 10.5 Å². The number of hydrogen-bond donors (Lipinski definition) is 0. The molecule has 0 saturated carbocycles. The summed E-state index contributed by atoms with van der Waals surface area (Å²) in [5.74, 6) is 0. The van der Waals surface area contributed by atoms with E-state index in [-0.39, 0.29) is 10.5 Å². The second-order valence-corrected chi connectivity index (χ2v) is 6.94. The zero-order chi connectivity index (χ0) is 18.0. The number of nitrogens with zero attached hydrogens (tertiary/aromatic N) is 1. The molecule has 0 aromatic heterocycles. The topological polar surface area (TPSA) is 57.9 Å². The van der Waals surface area contributed by atoms with E-state index in [0.717, 1.165) is 23.8 Å². The van der Waals surface area contributed by atoms with Crippen LogP contribution in [0.5, 0.6) is 0 Å². The number of benzene rings is 2. The molecule has 0 bridgehead atoms. The molecule has 0 saturated heterocycles. The molecule has 0 atom stereocenters. The average Bonchev–Trinajstić information content (AvgIpc) is 2.52. The Hall–Kier alpha value is -2.59. The zero-order valence-electron chi connectivity index (χ0n) is 12.5. The first-order chi connectivity index (χ1) is 11.2. The SMILES string of the molecule is Cc1ccc(S(=O)(=O)/C(C#N)=C/c2ccccc2C(F)(F)F)cc1. The quantitative estimate of drug-likeness (QED) is 0.773. The van der Waals surface area contributed by atoms with Crippen LogP contribution < -0.4 is 0 Å². The van der Waals surface area contributed by atoms with Crippen LogP contribution in [0, 0.1) is 18.3 Å². The fourth-order valence-electron chi connectivity index (χ4n) is 2.04. The second kappa shape index (κ2) is 6.49. The lowest BCUT2D eigenvalue weighted by atomic mass is 10.1. The van der Waals surface area contributed by atoms with Gasteiger partial charge in [-0.15, -0.1) is 0 Å². The normalized spacial score (nSPS) is 12.7. The highest BCUT2D eigenvalue weighted by atomic mass is 32.2. The van der Waals surface area contributed by atoms with E-state index < -0.39 is 26.5 Å². The standard InChI is InChI=1S/C17H12F3NO2S/c1-12-6-8-14(9-7-12)24(22,23)15(11-21)10-13-4-2-3-5-16(13)17(18,19)20/h2-10H,1H3/b15-10+. The third-order valence-electron chi connectivity index (χ3n) is 3.28. The van der Waals surface area contributed by atoms with E-state index in [1.807, 2.05) is 0 Å². The Balaban J connectivity index is 2.59. The zero-order valence-corrected chi connectivity index (χ0v) is 13.3. The monoisotopic (exact) mass is 351 g/mol. The lowest BCUT2D eigenvalue weighted by Crippen LogP contribution is -2.08. The Morgan fingerprint density at radius 2 is 1.67 bits per heavy atom. The minimum atomic E-state index is -4.65. The second-order valence-electron chi connectivity index (χ2n) is 5.02. The lowest BCUT2D eigenvalue weighted by molar-refractivity contribution is -0.137. The van der Waals surface area contributed by atoms with Gasteiger partial charge in [0.2, 0.25) is 9.84 Å². The van der Waals surface area contributed by atoms with Gasteiger partial charge in [0, 0.05) is 0 Å². The maximum absolute atomic E-state index is 13.0. The summed E-state index contributed by atoms with van der Waals surface area (Å²) in [4.78, 5) is -0.895. The average molecular weight is 351 g/mol. The van der Waals surface area contributed by atoms with Crippen molar-refractivity contribution in [1.82, 2.24) is 0 Å². The molecule has 0 heterocycles. The van der Waals surface area contributed by atoms with Crippen molar-refractivity contribution < 1.29 is 21.6 Å². The number of rotatable bonds is 3. The summed E-state index contributed by atoms with van der Waals surface area (Å²) in [5, 5.41) is 9.15. The van der Waals surface area contributed by atoms with E-state index in [4.69, 9.17) is 5.26 Å². The lowest BCUT2D eigenvalue weighted by Gasteiger charge is -2.10. The van der Waals surface area contributed by atoms with Crippen LogP contribution in [0.3, 0.4) is 0 Å². The molecule has 0 radical (unpaired) electrons. The summed E-state index contributed by atoms with van der Waals surface area (Å²) in [7, 11) is -4.20. The minimum absolute atomic E-state index is 0.148. The van der Waals surface area contributed by atoms with Gasteiger partial charge in [0.25, 0.3) is 0 Å². The molecule has 0 spiro atoms. The van der Waals surface area contributed by atoms with Gasteiger partial charge in [-0.05, 0) is 36.8 Å². The van der Waals surface area contributed by atoms with Crippen molar-refractivity contribution in [3.8, 4) is 6.07 Å². The van der Waals surface area contributed by atoms with Gasteiger partial charge in [0.1, 0.15) is 11.0 Å². The molecule has 0 aliphatic heterocycles. The first kappa shape index (κ1) is 17.8. The van der Waals surface area contributed by atoms with Crippen molar-refractivity contribution in [2.24, 2.45) is 0 Å². The summed E-state index contributed by atoms with van der Waals surface area (Å²) in [5.41, 5.74) is -0.562. The van der Waals surface area contributed by atoms with Crippen LogP contribution in [-0.2, 0) is 16.0 Å². The van der Waals surface area contributed by atoms with Gasteiger partial charge in [0.15, 0.2) is 0 Å². The molecule has 7 heteroatoms. The molecular weight excluding hydrogens is 339 g/mol. The van der Waals surface area contributed by atoms with Crippen LogP contribution in [0.4, 0.5) is 13.2 Å². The van der Waals surface area contributed by atoms with Crippen molar-refractivity contribution in [1.29, 1.82) is 5.26 Å². The van der Waals surface area contributed by atoms with Crippen molar-refractivity contribution in [3.63, 3.8) is 0 Å². The van der Waals surface area contributed by atoms with Crippen LogP contribution in [0.2, 0.25) is 0 Å². The fourth-order valence-corrected chi connectivity index (χ4v) is 3.19. The highest BCUT2D eigenvalue weighted by Gasteiger charge is 2.33. The molecule has 2 aromatic carbocycles. The van der Waals surface area contributed by atoms with E-state index in [0.29, 0.717) is 0 Å². The third-order valence-corrected chi connectivity index (χ3v) is 4.96. The van der Waals surface area contributed by atoms with Gasteiger partial charge in [-0.1, -0.05) is 35.9 Å². The number of aryl methyl sites for hydroxylation is 1. The van der Waals surface area contributed by atoms with E-state index in [9.17, 15) is 21.6 Å². The number of allylic oxidation sites excluding steroid dienone is 1. The molecule has 3 nitrogen and oxygen atoms in total. The maximum atomic E-state index is 13.0. The van der Waals surface area contributed by atoms with Crippen LogP contribution in [0.25, 0.3) is 6.08 Å². The summed E-state index contributed by atoms with van der Waals surface area (Å²) in [6.07, 6.45) is -3.90. The molecule has 0 amide bonds. The predicted octanol–water partition coefficient (Wildman–Crippen LogP) is 4.35. The highest BCUT2D eigenvalue weighted by Crippen LogP contribution is 2.33. The summed E-state index contributed by atoms with van der Waals surface area (Å²) >= 11 is 0. The number of hydrogen-bond acceptors (Lipinski definition) is 3. The fraction of sp³-hybridized carbons (Fsp3) is 0.118. The van der Waals surface area contributed by atoms with Gasteiger partial charge >= 0.3 is 6.18 Å². The number of halogens is 3.